The smallest absolute Gasteiger partial charge is 0.433 e. The van der Waals surface area contributed by atoms with E-state index in [1.54, 1.807) is 83.8 Å². The molecule has 0 aromatic carbocycles. The number of piperidine rings is 6. The number of aryl methyl sites for hydroxylation is 7. The zero-order valence-corrected chi connectivity index (χ0v) is 87.8. The molecule has 0 unspecified atom stereocenters. The summed E-state index contributed by atoms with van der Waals surface area (Å²) in [5.74, 6) is 0.165. The fourth-order valence-electron chi connectivity index (χ4n) is 17.2. The predicted molar refractivity (Wildman–Crippen MR) is 532 cm³/mol. The van der Waals surface area contributed by atoms with Gasteiger partial charge in [-0.1, -0.05) is 6.92 Å². The third-order valence-electron chi connectivity index (χ3n) is 25.3. The van der Waals surface area contributed by atoms with Crippen LogP contribution in [0.25, 0.3) is 63.4 Å². The van der Waals surface area contributed by atoms with Gasteiger partial charge < -0.3 is 40.7 Å². The molecular weight excluding hydrogens is 2100 g/mol. The molecule has 806 valence electrons. The number of aromatic nitrogens is 12. The molecule has 6 aliphatic rings. The Labute approximate surface area is 870 Å². The minimum atomic E-state index is -4.49. The lowest BCUT2D eigenvalue weighted by molar-refractivity contribution is -0.156. The first-order valence-corrected chi connectivity index (χ1v) is 52.4. The monoisotopic (exact) mass is 2210 g/mol. The topological polar surface area (TPSA) is 307 Å². The number of likely N-dealkylation sites (tertiary alicyclic amines) is 6. The molecule has 6 aliphatic heterocycles. The summed E-state index contributed by atoms with van der Waals surface area (Å²) in [6.45, 7) is 17.6. The number of ether oxygens (including phenoxy) is 1. The van der Waals surface area contributed by atoms with Crippen molar-refractivity contribution in [3.05, 3.63) is 184 Å². The van der Waals surface area contributed by atoms with E-state index in [2.05, 4.69) is 42.4 Å². The average Bonchev–Trinajstić information content (AvgIpc) is 1.68. The second kappa shape index (κ2) is 47.9. The number of ketones is 1. The van der Waals surface area contributed by atoms with E-state index in [1.165, 1.54) is 75.6 Å². The molecule has 28 nitrogen and oxygen atoms in total. The lowest BCUT2D eigenvalue weighted by atomic mass is 9.93. The Morgan fingerprint density at radius 3 is 0.946 bits per heavy atom. The molecule has 6 fully saturated rings. The minimum absolute atomic E-state index is 0.0210. The van der Waals surface area contributed by atoms with Gasteiger partial charge in [-0.05, 0) is 232 Å². The van der Waals surface area contributed by atoms with Crippen molar-refractivity contribution < 1.29 is 113 Å². The molecule has 0 saturated carbocycles. The third kappa shape index (κ3) is 30.2. The van der Waals surface area contributed by atoms with Gasteiger partial charge in [0, 0.05) is 156 Å². The van der Waals surface area contributed by atoms with Crippen LogP contribution in [-0.2, 0) is 94.0 Å². The highest BCUT2D eigenvalue weighted by atomic mass is 32.1. The first-order chi connectivity index (χ1) is 69.9. The summed E-state index contributed by atoms with van der Waals surface area (Å²) >= 11 is 7.44. The van der Waals surface area contributed by atoms with Gasteiger partial charge in [-0.15, -0.1) is 68.0 Å². The lowest BCUT2D eigenvalue weighted by Crippen LogP contribution is -2.45. The molecule has 0 bridgehead atoms. The number of nitrogens with zero attached hydrogens (tertiary/aromatic N) is 18. The number of hydrogen-bond acceptors (Lipinski definition) is 23. The van der Waals surface area contributed by atoms with Crippen LogP contribution >= 0.6 is 68.0 Å². The number of carbonyl (C=O) groups excluding carboxylic acids is 7. The van der Waals surface area contributed by atoms with E-state index >= 15 is 0 Å². The van der Waals surface area contributed by atoms with Gasteiger partial charge in [0.05, 0.1) is 53.6 Å². The minimum Gasteiger partial charge on any atom is -0.460 e. The Kier molecular flexibility index (Phi) is 36.8. The van der Waals surface area contributed by atoms with E-state index in [1.807, 2.05) is 59.0 Å². The van der Waals surface area contributed by atoms with Crippen LogP contribution in [0.2, 0.25) is 0 Å². The van der Waals surface area contributed by atoms with Crippen molar-refractivity contribution in [1.29, 1.82) is 0 Å². The number of thiophene rings is 6. The van der Waals surface area contributed by atoms with Gasteiger partial charge >= 0.3 is 36.9 Å². The number of hydrogen-bond donors (Lipinski definition) is 2. The molecule has 5 amide bonds. The van der Waals surface area contributed by atoms with Crippen LogP contribution in [0.4, 0.5) is 74.6 Å². The first kappa shape index (κ1) is 115. The Bertz CT molecular complexity index is 6560. The molecule has 18 heterocycles. The first-order valence-electron chi connectivity index (χ1n) is 47.5. The van der Waals surface area contributed by atoms with Crippen molar-refractivity contribution in [3.63, 3.8) is 0 Å². The molecule has 12 aromatic rings. The third-order valence-corrected chi connectivity index (χ3v) is 31.8. The molecule has 12 aromatic heterocycles. The summed E-state index contributed by atoms with van der Waals surface area (Å²) in [4.78, 5) is 104. The highest BCUT2D eigenvalue weighted by Crippen LogP contribution is 2.43. The van der Waals surface area contributed by atoms with E-state index in [0.29, 0.717) is 147 Å². The molecule has 0 spiro atoms. The molecular formula is C98H111F17N20O8S6. The van der Waals surface area contributed by atoms with Crippen LogP contribution in [0.15, 0.2) is 121 Å². The largest absolute Gasteiger partial charge is 0.460 e. The Balaban J connectivity index is 0.000000150. The van der Waals surface area contributed by atoms with Crippen LogP contribution in [0.1, 0.15) is 199 Å². The Hall–Kier alpha value is -11.6. The van der Waals surface area contributed by atoms with E-state index < -0.39 is 71.0 Å². The molecule has 4 N–H and O–H groups in total. The number of carbonyl (C=O) groups is 7. The van der Waals surface area contributed by atoms with E-state index in [-0.39, 0.29) is 100 Å². The van der Waals surface area contributed by atoms with Gasteiger partial charge in [-0.25, -0.2) is 0 Å². The molecule has 0 aliphatic carbocycles. The predicted octanol–water partition coefficient (Wildman–Crippen LogP) is 21.4. The van der Waals surface area contributed by atoms with Crippen molar-refractivity contribution in [1.82, 2.24) is 88.1 Å². The van der Waals surface area contributed by atoms with Crippen LogP contribution in [0, 0.1) is 18.8 Å². The maximum absolute atomic E-state index is 13.0. The number of esters is 1. The summed E-state index contributed by atoms with van der Waals surface area (Å²) < 4.78 is 230. The Morgan fingerprint density at radius 1 is 0.369 bits per heavy atom. The highest BCUT2D eigenvalue weighted by Gasteiger charge is 2.42. The second-order valence-corrected chi connectivity index (χ2v) is 44.4. The van der Waals surface area contributed by atoms with Crippen molar-refractivity contribution in [2.75, 3.05) is 78.5 Å². The SMILES string of the molecule is CC1CCN(Cc2ccc(-c3cc(C(F)(F)F)n(C)n3)s2)CC1.Cc1cc(-c2ccc(C(=O)N3CCC(=C(F)F)CC3)s2)nn1C.Cn1nc(-c2ccc(C(=O)N3CCC(=O)CC3)s2)cc1C(F)(F)F.Cn1nc(-c2ccc(C(=O)N3CCC(CC(=O)OC(C)(C)C)CC3)s2)cc1C(F)(F)F.Cn1nc(-c2ccc(C(=O)N3CCC[C@@H](N)C3)s2)cc1C(F)(F)F.Cn1nc(-c2ccc(C(=O)N3CCC[C@H](N)C3)s2)cc1C(F)(F)F. The van der Waals surface area contributed by atoms with Gasteiger partial charge in [0.1, 0.15) is 74.0 Å². The van der Waals surface area contributed by atoms with Gasteiger partial charge in [-0.2, -0.15) is 105 Å². The van der Waals surface area contributed by atoms with Crippen molar-refractivity contribution in [3.8, 4) is 63.4 Å². The van der Waals surface area contributed by atoms with Gasteiger partial charge in [0.25, 0.3) is 35.6 Å². The maximum Gasteiger partial charge on any atom is 0.433 e. The zero-order valence-electron chi connectivity index (χ0n) is 82.9. The number of Topliss-reactive ketones (excluding diaryl/α,β-unsaturated/α-hetero) is 1. The molecule has 0 radical (unpaired) electrons. The maximum atomic E-state index is 13.0. The molecule has 51 heteroatoms. The number of alkyl halides is 15. The van der Waals surface area contributed by atoms with Gasteiger partial charge in [-0.3, -0.25) is 66.6 Å². The van der Waals surface area contributed by atoms with E-state index in [0.717, 1.165) is 171 Å². The number of halogens is 17. The summed E-state index contributed by atoms with van der Waals surface area (Å²) in [7, 11) is 8.18. The fraction of sp³-hybridized carbons (Fsp3) is 0.480. The highest BCUT2D eigenvalue weighted by molar-refractivity contribution is 7.19. The van der Waals surface area contributed by atoms with Crippen LogP contribution in [0.5, 0.6) is 0 Å². The molecule has 6 saturated heterocycles. The zero-order chi connectivity index (χ0) is 109. The van der Waals surface area contributed by atoms with Crippen LogP contribution in [-0.4, -0.2) is 226 Å². The Morgan fingerprint density at radius 2 is 0.658 bits per heavy atom. The number of nitrogens with two attached hydrogens (primary N) is 2. The lowest BCUT2D eigenvalue weighted by Gasteiger charge is -2.32. The number of amides is 5. The summed E-state index contributed by atoms with van der Waals surface area (Å²) in [6, 6.07) is 27.5. The number of rotatable bonds is 15. The summed E-state index contributed by atoms with van der Waals surface area (Å²) in [5, 5.41) is 24.0. The quantitative estimate of drug-likeness (QED) is 0.0711. The molecule has 149 heavy (non-hydrogen) atoms. The second-order valence-electron chi connectivity index (χ2n) is 37.8. The van der Waals surface area contributed by atoms with Crippen molar-refractivity contribution >= 4 is 109 Å². The fourth-order valence-corrected chi connectivity index (χ4v) is 22.8. The van der Waals surface area contributed by atoms with Crippen LogP contribution < -0.4 is 11.5 Å². The summed E-state index contributed by atoms with van der Waals surface area (Å²) in [5.41, 5.74) is 10.5. The van der Waals surface area contributed by atoms with E-state index in [9.17, 15) is 108 Å². The van der Waals surface area contributed by atoms with Gasteiger partial charge in [0.2, 0.25) is 0 Å². The van der Waals surface area contributed by atoms with Crippen molar-refractivity contribution in [2.24, 2.45) is 65.6 Å². The summed E-state index contributed by atoms with van der Waals surface area (Å²) in [6.07, 6.45) is -14.9. The van der Waals surface area contributed by atoms with Crippen LogP contribution in [0.3, 0.4) is 0 Å². The van der Waals surface area contributed by atoms with Crippen molar-refractivity contribution in [2.45, 2.75) is 173 Å². The molecule has 18 rings (SSSR count). The molecule has 2 atom stereocenters. The standard InChI is InChI=1S/C21H26F3N3O3S.C16H20F3N3S.C16H17F2N3OS.2C15H17F3N4OS.C15H14F3N3O2S/c1-20(2,3)30-18(28)11-13-7-9-27(10-8-13)19(29)16-6-5-15(31-16)14-12-17(21(22,23)24)26(4)25-14;1-11-5-7-22(8-6-11)10-12-3-4-14(23-12)13-9-15(16(17,18)19)21(2)20-13;1-10-9-12(19-20(10)2)13-3-4-14(23-13)16(22)21-7-5-11(6-8-21)15(17)18;2*1-21-13(15(16,17)18)7-10(20-21)11-4-5-12(24-11)14(23)22-6-2-3-9(19)8-22;1-20-13(15(16,17)18)8-10(19-20)11-2-3-12(24-11)14(23)21-6-4-9(22)5-7-21/h5-6,12-13H,7-11H2,1-4H3;3-4,9,11H,5-8,10H2,1-2H3;3-4,9H,5-8H2,1-2H3;2*4-5,7,9H,2-3,6,8,19H2,1H3;2-3,8H,4-7H2,1H3/t;;;2*9-;/m...10./s1. The van der Waals surface area contributed by atoms with E-state index in [4.69, 9.17) is 16.2 Å². The average molecular weight is 2210 g/mol. The van der Waals surface area contributed by atoms with Gasteiger partial charge in [0.15, 0.2) is 0 Å². The normalized spacial score (nSPS) is 17.0.